The van der Waals surface area contributed by atoms with E-state index in [-0.39, 0.29) is 18.8 Å². The molecule has 2 nitrogen and oxygen atoms in total. The Morgan fingerprint density at radius 2 is 2.00 bits per heavy atom. The third kappa shape index (κ3) is 5.26. The molecule has 1 aromatic rings. The van der Waals surface area contributed by atoms with Gasteiger partial charge in [-0.25, -0.2) is 0 Å². The van der Waals surface area contributed by atoms with E-state index >= 15 is 0 Å². The minimum absolute atomic E-state index is 0. The second kappa shape index (κ2) is 6.94. The van der Waals surface area contributed by atoms with E-state index in [1.54, 1.807) is 12.1 Å². The van der Waals surface area contributed by atoms with Crippen LogP contribution >= 0.6 is 35.6 Å². The SMILES string of the molecule is Cl.O=C(O)CCCc1ccc(Cl)cc1Cl. The zero-order valence-corrected chi connectivity index (χ0v) is 10.2. The van der Waals surface area contributed by atoms with Crippen molar-refractivity contribution in [3.8, 4) is 0 Å². The van der Waals surface area contributed by atoms with E-state index in [9.17, 15) is 4.79 Å². The van der Waals surface area contributed by atoms with E-state index in [2.05, 4.69) is 0 Å². The molecule has 0 unspecified atom stereocenters. The van der Waals surface area contributed by atoms with Crippen molar-refractivity contribution in [2.75, 3.05) is 0 Å². The lowest BCUT2D eigenvalue weighted by Crippen LogP contribution is -1.96. The number of aryl methyl sites for hydroxylation is 1. The molecule has 0 aliphatic rings. The van der Waals surface area contributed by atoms with E-state index in [0.29, 0.717) is 22.9 Å². The monoisotopic (exact) mass is 268 g/mol. The molecule has 5 heteroatoms. The van der Waals surface area contributed by atoms with Gasteiger partial charge in [0.2, 0.25) is 0 Å². The first-order valence-electron chi connectivity index (χ1n) is 4.25. The lowest BCUT2D eigenvalue weighted by atomic mass is 10.1. The van der Waals surface area contributed by atoms with Gasteiger partial charge in [-0.1, -0.05) is 29.3 Å². The maximum atomic E-state index is 10.3. The molecule has 1 aromatic carbocycles. The highest BCUT2D eigenvalue weighted by Gasteiger charge is 2.02. The molecule has 0 spiro atoms. The number of carbonyl (C=O) groups is 1. The zero-order valence-electron chi connectivity index (χ0n) is 7.87. The van der Waals surface area contributed by atoms with Gasteiger partial charge in [-0.2, -0.15) is 0 Å². The Kier molecular flexibility index (Phi) is 6.73. The van der Waals surface area contributed by atoms with Gasteiger partial charge in [-0.05, 0) is 30.5 Å². The second-order valence-corrected chi connectivity index (χ2v) is 3.83. The highest BCUT2D eigenvalue weighted by atomic mass is 35.5. The van der Waals surface area contributed by atoms with Crippen LogP contribution in [0.5, 0.6) is 0 Å². The van der Waals surface area contributed by atoms with Gasteiger partial charge in [0.15, 0.2) is 0 Å². The first-order chi connectivity index (χ1) is 6.59. The van der Waals surface area contributed by atoms with Gasteiger partial charge in [-0.15, -0.1) is 12.4 Å². The van der Waals surface area contributed by atoms with Crippen molar-refractivity contribution in [3.05, 3.63) is 33.8 Å². The van der Waals surface area contributed by atoms with Crippen LogP contribution in [0.25, 0.3) is 0 Å². The average molecular weight is 270 g/mol. The van der Waals surface area contributed by atoms with Crippen molar-refractivity contribution in [3.63, 3.8) is 0 Å². The molecule has 0 atom stereocenters. The van der Waals surface area contributed by atoms with Gasteiger partial charge < -0.3 is 5.11 Å². The van der Waals surface area contributed by atoms with E-state index < -0.39 is 5.97 Å². The van der Waals surface area contributed by atoms with Gasteiger partial charge in [0.25, 0.3) is 0 Å². The third-order valence-electron chi connectivity index (χ3n) is 1.85. The molecular weight excluding hydrogens is 258 g/mol. The van der Waals surface area contributed by atoms with Crippen LogP contribution in [-0.4, -0.2) is 11.1 Å². The molecule has 1 N–H and O–H groups in total. The molecule has 84 valence electrons. The van der Waals surface area contributed by atoms with Crippen molar-refractivity contribution < 1.29 is 9.90 Å². The number of hydrogen-bond donors (Lipinski definition) is 1. The van der Waals surface area contributed by atoms with E-state index in [0.717, 1.165) is 5.56 Å². The lowest BCUT2D eigenvalue weighted by molar-refractivity contribution is -0.137. The fraction of sp³-hybridized carbons (Fsp3) is 0.300. The molecule has 15 heavy (non-hydrogen) atoms. The van der Waals surface area contributed by atoms with Gasteiger partial charge >= 0.3 is 5.97 Å². The standard InChI is InChI=1S/C10H10Cl2O2.ClH/c11-8-5-4-7(9(12)6-8)2-1-3-10(13)14;/h4-6H,1-3H2,(H,13,14);1H. The topological polar surface area (TPSA) is 37.3 Å². The molecule has 0 amide bonds. The van der Waals surface area contributed by atoms with Crippen LogP contribution in [0.4, 0.5) is 0 Å². The molecule has 0 saturated heterocycles. The van der Waals surface area contributed by atoms with Crippen LogP contribution in [0.3, 0.4) is 0 Å². The summed E-state index contributed by atoms with van der Waals surface area (Å²) in [5, 5.41) is 9.65. The smallest absolute Gasteiger partial charge is 0.303 e. The van der Waals surface area contributed by atoms with E-state index in [1.807, 2.05) is 6.07 Å². The Labute approximate surface area is 105 Å². The predicted molar refractivity (Wildman–Crippen MR) is 64.3 cm³/mol. The molecule has 1 rings (SSSR count). The van der Waals surface area contributed by atoms with Crippen LogP contribution < -0.4 is 0 Å². The first kappa shape index (κ1) is 14.6. The van der Waals surface area contributed by atoms with Crippen LogP contribution in [0.2, 0.25) is 10.0 Å². The molecule has 0 fully saturated rings. The van der Waals surface area contributed by atoms with Crippen LogP contribution in [0.15, 0.2) is 18.2 Å². The molecule has 0 aromatic heterocycles. The fourth-order valence-electron chi connectivity index (χ4n) is 1.15. The molecule has 0 saturated carbocycles. The molecule has 0 aliphatic carbocycles. The molecule has 0 bridgehead atoms. The first-order valence-corrected chi connectivity index (χ1v) is 5.01. The number of carboxylic acid groups (broad SMARTS) is 1. The Hall–Kier alpha value is -0.440. The molecule has 0 radical (unpaired) electrons. The van der Waals surface area contributed by atoms with Crippen molar-refractivity contribution in [2.24, 2.45) is 0 Å². The highest BCUT2D eigenvalue weighted by molar-refractivity contribution is 6.35. The number of halogens is 3. The molecule has 0 aliphatic heterocycles. The number of aliphatic carboxylic acids is 1. The van der Waals surface area contributed by atoms with Crippen molar-refractivity contribution in [2.45, 2.75) is 19.3 Å². The Morgan fingerprint density at radius 3 is 2.53 bits per heavy atom. The third-order valence-corrected chi connectivity index (χ3v) is 2.44. The highest BCUT2D eigenvalue weighted by Crippen LogP contribution is 2.22. The lowest BCUT2D eigenvalue weighted by Gasteiger charge is -2.02. The van der Waals surface area contributed by atoms with Crippen molar-refractivity contribution >= 4 is 41.6 Å². The van der Waals surface area contributed by atoms with Gasteiger partial charge in [0, 0.05) is 16.5 Å². The second-order valence-electron chi connectivity index (χ2n) is 2.98. The summed E-state index contributed by atoms with van der Waals surface area (Å²) >= 11 is 11.6. The average Bonchev–Trinajstić information content (AvgIpc) is 2.08. The Bertz CT molecular complexity index is 339. The Balaban J connectivity index is 0.00000196. The molecule has 0 heterocycles. The maximum absolute atomic E-state index is 10.3. The quantitative estimate of drug-likeness (QED) is 0.902. The summed E-state index contributed by atoms with van der Waals surface area (Å²) in [6, 6.07) is 5.25. The summed E-state index contributed by atoms with van der Waals surface area (Å²) < 4.78 is 0. The van der Waals surface area contributed by atoms with Crippen molar-refractivity contribution in [1.29, 1.82) is 0 Å². The van der Waals surface area contributed by atoms with Crippen LogP contribution in [0.1, 0.15) is 18.4 Å². The van der Waals surface area contributed by atoms with Crippen LogP contribution in [-0.2, 0) is 11.2 Å². The normalized spacial score (nSPS) is 9.47. The summed E-state index contributed by atoms with van der Waals surface area (Å²) in [5.41, 5.74) is 0.942. The summed E-state index contributed by atoms with van der Waals surface area (Å²) in [7, 11) is 0. The maximum Gasteiger partial charge on any atom is 0.303 e. The van der Waals surface area contributed by atoms with E-state index in [4.69, 9.17) is 28.3 Å². The summed E-state index contributed by atoms with van der Waals surface area (Å²) in [6.45, 7) is 0. The minimum atomic E-state index is -0.782. The van der Waals surface area contributed by atoms with E-state index in [1.165, 1.54) is 0 Å². The fourth-order valence-corrected chi connectivity index (χ4v) is 1.66. The zero-order chi connectivity index (χ0) is 10.6. The van der Waals surface area contributed by atoms with Gasteiger partial charge in [-0.3, -0.25) is 4.79 Å². The Morgan fingerprint density at radius 1 is 1.33 bits per heavy atom. The number of carboxylic acids is 1. The van der Waals surface area contributed by atoms with Crippen molar-refractivity contribution in [1.82, 2.24) is 0 Å². The summed E-state index contributed by atoms with van der Waals surface area (Å²) in [4.78, 5) is 10.3. The minimum Gasteiger partial charge on any atom is -0.481 e. The number of hydrogen-bond acceptors (Lipinski definition) is 1. The predicted octanol–water partition coefficient (Wildman–Crippen LogP) is 3.82. The molecular formula is C10H11Cl3O2. The summed E-state index contributed by atoms with van der Waals surface area (Å²) in [5.74, 6) is -0.782. The summed E-state index contributed by atoms with van der Waals surface area (Å²) in [6.07, 6.45) is 1.43. The van der Waals surface area contributed by atoms with Gasteiger partial charge in [0.05, 0.1) is 0 Å². The van der Waals surface area contributed by atoms with Crippen LogP contribution in [0, 0.1) is 0 Å². The largest absolute Gasteiger partial charge is 0.481 e. The van der Waals surface area contributed by atoms with Gasteiger partial charge in [0.1, 0.15) is 0 Å². The number of benzene rings is 1. The number of rotatable bonds is 4.